The summed E-state index contributed by atoms with van der Waals surface area (Å²) in [5, 5.41) is 2.72. The third kappa shape index (κ3) is 5.12. The van der Waals surface area contributed by atoms with E-state index < -0.39 is 9.84 Å². The largest absolute Gasteiger partial charge is 0.497 e. The summed E-state index contributed by atoms with van der Waals surface area (Å²) in [5.74, 6) is 0.288. The van der Waals surface area contributed by atoms with Crippen LogP contribution in [0.3, 0.4) is 0 Å². The Balaban J connectivity index is 1.56. The summed E-state index contributed by atoms with van der Waals surface area (Å²) in [7, 11) is -1.46. The van der Waals surface area contributed by atoms with Crippen LogP contribution in [0.15, 0.2) is 29.2 Å². The van der Waals surface area contributed by atoms with Gasteiger partial charge in [0.1, 0.15) is 10.1 Å². The molecule has 0 aliphatic carbocycles. The number of carbonyl (C=O) groups excluding carboxylic acids is 2. The molecule has 150 valence electrons. The van der Waals surface area contributed by atoms with Gasteiger partial charge in [-0.05, 0) is 30.2 Å². The van der Waals surface area contributed by atoms with E-state index in [0.29, 0.717) is 15.6 Å². The normalized spacial score (nSPS) is 22.7. The lowest BCUT2D eigenvalue weighted by molar-refractivity contribution is -0.124. The van der Waals surface area contributed by atoms with E-state index in [1.807, 2.05) is 12.1 Å². The van der Waals surface area contributed by atoms with Crippen LogP contribution in [-0.4, -0.2) is 60.7 Å². The van der Waals surface area contributed by atoms with E-state index in [0.717, 1.165) is 11.3 Å². The number of carbonyl (C=O) groups is 2. The highest BCUT2D eigenvalue weighted by Gasteiger charge is 2.33. The van der Waals surface area contributed by atoms with Gasteiger partial charge in [-0.1, -0.05) is 36.1 Å². The molecule has 0 unspecified atom stereocenters. The Hall–Kier alpha value is -1.91. The second kappa shape index (κ2) is 8.62. The molecular formula is C18H20N2O5S3. The third-order valence-corrected chi connectivity index (χ3v) is 7.59. The SMILES string of the molecule is COc1ccc(/C=C2\SC(=S)N(CCC(=O)N[C@@H]3CCS(=O)(=O)C3)C2=O)cc1. The number of hydrogen-bond donors (Lipinski definition) is 1. The standard InChI is InChI=1S/C18H20N2O5S3/c1-25-14-4-2-12(3-5-14)10-15-17(22)20(18(26)27-15)8-6-16(21)19-13-7-9-28(23,24)11-13/h2-5,10,13H,6-9,11H2,1H3,(H,19,21)/b15-10-/t13-/m1/s1. The van der Waals surface area contributed by atoms with Crippen molar-refractivity contribution in [1.82, 2.24) is 10.2 Å². The molecule has 2 aliphatic heterocycles. The van der Waals surface area contributed by atoms with Crippen LogP contribution < -0.4 is 10.1 Å². The summed E-state index contributed by atoms with van der Waals surface area (Å²) >= 11 is 6.47. The molecule has 0 bridgehead atoms. The summed E-state index contributed by atoms with van der Waals surface area (Å²) in [6.45, 7) is 0.163. The van der Waals surface area contributed by atoms with E-state index in [9.17, 15) is 18.0 Å². The van der Waals surface area contributed by atoms with E-state index in [-0.39, 0.29) is 42.3 Å². The molecule has 0 saturated carbocycles. The molecule has 1 atom stereocenters. The first-order chi connectivity index (χ1) is 13.3. The molecule has 0 spiro atoms. The van der Waals surface area contributed by atoms with Gasteiger partial charge in [0.2, 0.25) is 5.91 Å². The average molecular weight is 441 g/mol. The second-order valence-corrected chi connectivity index (χ2v) is 10.4. The zero-order chi connectivity index (χ0) is 20.3. The summed E-state index contributed by atoms with van der Waals surface area (Å²) in [4.78, 5) is 26.6. The predicted octanol–water partition coefficient (Wildman–Crippen LogP) is 1.59. The Kier molecular flexibility index (Phi) is 6.41. The summed E-state index contributed by atoms with van der Waals surface area (Å²) in [6.07, 6.45) is 2.25. The lowest BCUT2D eigenvalue weighted by atomic mass is 10.2. The molecule has 0 radical (unpaired) electrons. The number of benzene rings is 1. The minimum absolute atomic E-state index is 0.0234. The van der Waals surface area contributed by atoms with Crippen LogP contribution in [-0.2, 0) is 19.4 Å². The molecular weight excluding hydrogens is 420 g/mol. The van der Waals surface area contributed by atoms with Gasteiger partial charge >= 0.3 is 0 Å². The Labute approximate surface area is 173 Å². The molecule has 2 aliphatic rings. The van der Waals surface area contributed by atoms with Crippen molar-refractivity contribution in [2.24, 2.45) is 0 Å². The number of ether oxygens (including phenoxy) is 1. The zero-order valence-electron chi connectivity index (χ0n) is 15.2. The average Bonchev–Trinajstić information content (AvgIpc) is 3.12. The minimum Gasteiger partial charge on any atom is -0.497 e. The van der Waals surface area contributed by atoms with Gasteiger partial charge in [-0.3, -0.25) is 14.5 Å². The third-order valence-electron chi connectivity index (χ3n) is 4.45. The van der Waals surface area contributed by atoms with Crippen LogP contribution in [0.1, 0.15) is 18.4 Å². The van der Waals surface area contributed by atoms with Crippen molar-refractivity contribution in [2.75, 3.05) is 25.2 Å². The monoisotopic (exact) mass is 440 g/mol. The van der Waals surface area contributed by atoms with E-state index in [4.69, 9.17) is 17.0 Å². The van der Waals surface area contributed by atoms with Crippen molar-refractivity contribution in [1.29, 1.82) is 0 Å². The van der Waals surface area contributed by atoms with Crippen LogP contribution in [0.5, 0.6) is 5.75 Å². The highest BCUT2D eigenvalue weighted by molar-refractivity contribution is 8.26. The summed E-state index contributed by atoms with van der Waals surface area (Å²) in [6, 6.07) is 6.95. The van der Waals surface area contributed by atoms with E-state index in [1.54, 1.807) is 25.3 Å². The molecule has 3 rings (SSSR count). The Morgan fingerprint density at radius 1 is 1.39 bits per heavy atom. The number of thioether (sulfide) groups is 1. The van der Waals surface area contributed by atoms with Gasteiger partial charge in [0, 0.05) is 19.0 Å². The number of nitrogens with one attached hydrogen (secondary N) is 1. The molecule has 0 aromatic heterocycles. The quantitative estimate of drug-likeness (QED) is 0.530. The summed E-state index contributed by atoms with van der Waals surface area (Å²) < 4.78 is 28.4. The molecule has 1 aromatic rings. The van der Waals surface area contributed by atoms with Gasteiger partial charge in [-0.25, -0.2) is 8.42 Å². The highest BCUT2D eigenvalue weighted by Crippen LogP contribution is 2.32. The van der Waals surface area contributed by atoms with Crippen molar-refractivity contribution in [3.05, 3.63) is 34.7 Å². The Morgan fingerprint density at radius 3 is 2.71 bits per heavy atom. The maximum absolute atomic E-state index is 12.6. The maximum Gasteiger partial charge on any atom is 0.266 e. The number of methoxy groups -OCH3 is 1. The first-order valence-corrected chi connectivity index (χ1v) is 11.7. The number of nitrogens with zero attached hydrogens (tertiary/aromatic N) is 1. The van der Waals surface area contributed by atoms with Crippen molar-refractivity contribution < 1.29 is 22.7 Å². The predicted molar refractivity (Wildman–Crippen MR) is 113 cm³/mol. The first kappa shape index (κ1) is 20.8. The van der Waals surface area contributed by atoms with Crippen LogP contribution in [0.4, 0.5) is 0 Å². The second-order valence-electron chi connectivity index (χ2n) is 6.52. The molecule has 1 N–H and O–H groups in total. The van der Waals surface area contributed by atoms with E-state index in [1.165, 1.54) is 16.7 Å². The molecule has 2 heterocycles. The molecule has 1 aromatic carbocycles. The molecule has 28 heavy (non-hydrogen) atoms. The molecule has 2 saturated heterocycles. The fourth-order valence-electron chi connectivity index (χ4n) is 2.97. The molecule has 7 nitrogen and oxygen atoms in total. The minimum atomic E-state index is -3.05. The zero-order valence-corrected chi connectivity index (χ0v) is 17.7. The van der Waals surface area contributed by atoms with Gasteiger partial charge in [0.05, 0.1) is 23.5 Å². The van der Waals surface area contributed by atoms with Gasteiger partial charge in [0.15, 0.2) is 9.84 Å². The Bertz CT molecular complexity index is 925. The number of thiocarbonyl (C=S) groups is 1. The Morgan fingerprint density at radius 2 is 2.11 bits per heavy atom. The van der Waals surface area contributed by atoms with Crippen molar-refractivity contribution in [2.45, 2.75) is 18.9 Å². The van der Waals surface area contributed by atoms with E-state index in [2.05, 4.69) is 5.32 Å². The molecule has 2 amide bonds. The highest BCUT2D eigenvalue weighted by atomic mass is 32.2. The number of rotatable bonds is 6. The van der Waals surface area contributed by atoms with Crippen molar-refractivity contribution in [3.63, 3.8) is 0 Å². The smallest absolute Gasteiger partial charge is 0.266 e. The fraction of sp³-hybridized carbons (Fsp3) is 0.389. The van der Waals surface area contributed by atoms with Crippen LogP contribution in [0, 0.1) is 0 Å². The fourth-order valence-corrected chi connectivity index (χ4v) is 5.95. The van der Waals surface area contributed by atoms with Crippen molar-refractivity contribution in [3.8, 4) is 5.75 Å². The lowest BCUT2D eigenvalue weighted by Crippen LogP contribution is -2.38. The van der Waals surface area contributed by atoms with Crippen LogP contribution >= 0.6 is 24.0 Å². The number of sulfone groups is 1. The van der Waals surface area contributed by atoms with Gasteiger partial charge < -0.3 is 10.1 Å². The van der Waals surface area contributed by atoms with Gasteiger partial charge in [-0.15, -0.1) is 0 Å². The number of amides is 2. The van der Waals surface area contributed by atoms with Crippen LogP contribution in [0.25, 0.3) is 6.08 Å². The van der Waals surface area contributed by atoms with Crippen molar-refractivity contribution >= 4 is 56.0 Å². The molecule has 2 fully saturated rings. The van der Waals surface area contributed by atoms with Gasteiger partial charge in [0.25, 0.3) is 5.91 Å². The first-order valence-electron chi connectivity index (χ1n) is 8.66. The molecule has 10 heteroatoms. The topological polar surface area (TPSA) is 92.8 Å². The van der Waals surface area contributed by atoms with Crippen LogP contribution in [0.2, 0.25) is 0 Å². The maximum atomic E-state index is 12.6. The van der Waals surface area contributed by atoms with Gasteiger partial charge in [-0.2, -0.15) is 0 Å². The van der Waals surface area contributed by atoms with E-state index >= 15 is 0 Å². The summed E-state index contributed by atoms with van der Waals surface area (Å²) in [5.41, 5.74) is 0.849. The lowest BCUT2D eigenvalue weighted by Gasteiger charge is -2.15. The number of hydrogen-bond acceptors (Lipinski definition) is 7.